The fraction of sp³-hybridized carbons (Fsp3) is 0.364. The third kappa shape index (κ3) is 1.96. The molecule has 2 aromatic heterocycles. The van der Waals surface area contributed by atoms with Gasteiger partial charge < -0.3 is 10.3 Å². The SMILES string of the molecule is CC(N)c1cncn1C(C)c1ccsc1. The molecule has 0 saturated heterocycles. The van der Waals surface area contributed by atoms with E-state index in [-0.39, 0.29) is 6.04 Å². The van der Waals surface area contributed by atoms with Gasteiger partial charge >= 0.3 is 0 Å². The van der Waals surface area contributed by atoms with Crippen molar-refractivity contribution in [2.45, 2.75) is 25.9 Å². The third-order valence-electron chi connectivity index (χ3n) is 2.61. The summed E-state index contributed by atoms with van der Waals surface area (Å²) in [5, 5.41) is 4.25. The highest BCUT2D eigenvalue weighted by molar-refractivity contribution is 7.07. The first-order valence-corrected chi connectivity index (χ1v) is 5.94. The van der Waals surface area contributed by atoms with Gasteiger partial charge in [0, 0.05) is 12.2 Å². The van der Waals surface area contributed by atoms with Gasteiger partial charge in [-0.05, 0) is 36.2 Å². The van der Waals surface area contributed by atoms with Crippen molar-refractivity contribution in [1.29, 1.82) is 0 Å². The van der Waals surface area contributed by atoms with Crippen LogP contribution in [0.25, 0.3) is 0 Å². The monoisotopic (exact) mass is 221 g/mol. The lowest BCUT2D eigenvalue weighted by atomic mass is 10.1. The molecule has 0 aliphatic heterocycles. The number of hydrogen-bond acceptors (Lipinski definition) is 3. The lowest BCUT2D eigenvalue weighted by Gasteiger charge is -2.17. The van der Waals surface area contributed by atoms with Crippen LogP contribution in [-0.2, 0) is 0 Å². The molecule has 2 atom stereocenters. The topological polar surface area (TPSA) is 43.8 Å². The van der Waals surface area contributed by atoms with E-state index in [0.29, 0.717) is 6.04 Å². The first-order chi connectivity index (χ1) is 7.20. The Morgan fingerprint density at radius 3 is 2.87 bits per heavy atom. The summed E-state index contributed by atoms with van der Waals surface area (Å²) in [6.45, 7) is 4.14. The zero-order valence-corrected chi connectivity index (χ0v) is 9.74. The second-order valence-electron chi connectivity index (χ2n) is 3.75. The predicted octanol–water partition coefficient (Wildman–Crippen LogP) is 2.57. The van der Waals surface area contributed by atoms with Crippen molar-refractivity contribution >= 4 is 11.3 Å². The molecule has 0 fully saturated rings. The Morgan fingerprint density at radius 1 is 1.47 bits per heavy atom. The number of imidazole rings is 1. The largest absolute Gasteiger partial charge is 0.326 e. The van der Waals surface area contributed by atoms with Gasteiger partial charge in [0.15, 0.2) is 0 Å². The van der Waals surface area contributed by atoms with Crippen LogP contribution < -0.4 is 5.73 Å². The van der Waals surface area contributed by atoms with Crippen LogP contribution in [0, 0.1) is 0 Å². The van der Waals surface area contributed by atoms with Gasteiger partial charge in [-0.2, -0.15) is 11.3 Å². The summed E-state index contributed by atoms with van der Waals surface area (Å²) in [5.41, 5.74) is 8.27. The number of thiophene rings is 1. The fourth-order valence-electron chi connectivity index (χ4n) is 1.66. The van der Waals surface area contributed by atoms with Gasteiger partial charge in [-0.25, -0.2) is 4.98 Å². The molecule has 2 heterocycles. The van der Waals surface area contributed by atoms with Crippen molar-refractivity contribution in [2.75, 3.05) is 0 Å². The zero-order valence-electron chi connectivity index (χ0n) is 8.92. The summed E-state index contributed by atoms with van der Waals surface area (Å²) in [6.07, 6.45) is 3.69. The van der Waals surface area contributed by atoms with Crippen molar-refractivity contribution < 1.29 is 0 Å². The van der Waals surface area contributed by atoms with Crippen LogP contribution in [0.4, 0.5) is 0 Å². The van der Waals surface area contributed by atoms with Crippen LogP contribution in [0.5, 0.6) is 0 Å². The molecule has 0 amide bonds. The van der Waals surface area contributed by atoms with E-state index in [1.165, 1.54) is 5.56 Å². The molecule has 3 nitrogen and oxygen atoms in total. The Balaban J connectivity index is 2.33. The van der Waals surface area contributed by atoms with E-state index in [1.807, 2.05) is 19.4 Å². The molecule has 4 heteroatoms. The van der Waals surface area contributed by atoms with Crippen LogP contribution in [0.1, 0.15) is 37.2 Å². The molecular weight excluding hydrogens is 206 g/mol. The molecule has 15 heavy (non-hydrogen) atoms. The lowest BCUT2D eigenvalue weighted by molar-refractivity contribution is 0.583. The highest BCUT2D eigenvalue weighted by Gasteiger charge is 2.13. The van der Waals surface area contributed by atoms with E-state index in [0.717, 1.165) is 5.69 Å². The first-order valence-electron chi connectivity index (χ1n) is 4.99. The molecule has 0 aromatic carbocycles. The average molecular weight is 221 g/mol. The van der Waals surface area contributed by atoms with Gasteiger partial charge in [0.2, 0.25) is 0 Å². The molecule has 0 saturated carbocycles. The van der Waals surface area contributed by atoms with Gasteiger partial charge in [-0.1, -0.05) is 0 Å². The van der Waals surface area contributed by atoms with E-state index >= 15 is 0 Å². The average Bonchev–Trinajstić information content (AvgIpc) is 2.88. The van der Waals surface area contributed by atoms with Gasteiger partial charge in [0.25, 0.3) is 0 Å². The minimum Gasteiger partial charge on any atom is -0.326 e. The molecule has 0 bridgehead atoms. The van der Waals surface area contributed by atoms with Gasteiger partial charge in [0.05, 0.1) is 18.1 Å². The van der Waals surface area contributed by atoms with Gasteiger partial charge in [0.1, 0.15) is 0 Å². The maximum atomic E-state index is 5.89. The van der Waals surface area contributed by atoms with Crippen LogP contribution in [0.15, 0.2) is 29.4 Å². The summed E-state index contributed by atoms with van der Waals surface area (Å²) in [5.74, 6) is 0. The van der Waals surface area contributed by atoms with E-state index in [4.69, 9.17) is 5.73 Å². The summed E-state index contributed by atoms with van der Waals surface area (Å²) in [6, 6.07) is 2.47. The predicted molar refractivity (Wildman–Crippen MR) is 63.0 cm³/mol. The quantitative estimate of drug-likeness (QED) is 0.865. The van der Waals surface area contributed by atoms with Crippen molar-refractivity contribution in [3.8, 4) is 0 Å². The Labute approximate surface area is 93.6 Å². The van der Waals surface area contributed by atoms with E-state index in [2.05, 4.69) is 33.3 Å². The highest BCUT2D eigenvalue weighted by Crippen LogP contribution is 2.23. The molecule has 2 rings (SSSR count). The Kier molecular flexibility index (Phi) is 2.88. The fourth-order valence-corrected chi connectivity index (χ4v) is 2.41. The Morgan fingerprint density at radius 2 is 2.27 bits per heavy atom. The number of nitrogens with two attached hydrogens (primary N) is 1. The number of aromatic nitrogens is 2. The van der Waals surface area contributed by atoms with Crippen LogP contribution in [0.3, 0.4) is 0 Å². The molecule has 80 valence electrons. The first kappa shape index (κ1) is 10.4. The summed E-state index contributed by atoms with van der Waals surface area (Å²) in [7, 11) is 0. The van der Waals surface area contributed by atoms with Crippen LogP contribution in [-0.4, -0.2) is 9.55 Å². The molecule has 0 radical (unpaired) electrons. The summed E-state index contributed by atoms with van der Waals surface area (Å²) >= 11 is 1.71. The summed E-state index contributed by atoms with van der Waals surface area (Å²) in [4.78, 5) is 4.16. The zero-order chi connectivity index (χ0) is 10.8. The van der Waals surface area contributed by atoms with Crippen LogP contribution >= 0.6 is 11.3 Å². The number of nitrogens with zero attached hydrogens (tertiary/aromatic N) is 2. The Hall–Kier alpha value is -1.13. The lowest BCUT2D eigenvalue weighted by Crippen LogP contribution is -2.15. The number of rotatable bonds is 3. The molecular formula is C11H15N3S. The Bertz CT molecular complexity index is 417. The highest BCUT2D eigenvalue weighted by atomic mass is 32.1. The van der Waals surface area contributed by atoms with Crippen molar-refractivity contribution in [3.05, 3.63) is 40.6 Å². The molecule has 0 aliphatic carbocycles. The molecule has 2 N–H and O–H groups in total. The van der Waals surface area contributed by atoms with Crippen LogP contribution in [0.2, 0.25) is 0 Å². The number of hydrogen-bond donors (Lipinski definition) is 1. The van der Waals surface area contributed by atoms with E-state index in [1.54, 1.807) is 11.3 Å². The maximum Gasteiger partial charge on any atom is 0.0954 e. The molecule has 2 aromatic rings. The smallest absolute Gasteiger partial charge is 0.0954 e. The van der Waals surface area contributed by atoms with Gasteiger partial charge in [-0.15, -0.1) is 0 Å². The van der Waals surface area contributed by atoms with Gasteiger partial charge in [-0.3, -0.25) is 0 Å². The van der Waals surface area contributed by atoms with Crippen molar-refractivity contribution in [2.24, 2.45) is 5.73 Å². The third-order valence-corrected chi connectivity index (χ3v) is 3.31. The van der Waals surface area contributed by atoms with Crippen molar-refractivity contribution in [1.82, 2.24) is 9.55 Å². The molecule has 0 aliphatic rings. The second-order valence-corrected chi connectivity index (χ2v) is 4.53. The standard InChI is InChI=1S/C11H15N3S/c1-8(12)11-5-13-7-14(11)9(2)10-3-4-15-6-10/h3-9H,12H2,1-2H3. The minimum absolute atomic E-state index is 0.0218. The summed E-state index contributed by atoms with van der Waals surface area (Å²) < 4.78 is 2.13. The minimum atomic E-state index is 0.0218. The normalized spacial score (nSPS) is 15.1. The molecule has 0 spiro atoms. The van der Waals surface area contributed by atoms with Crippen molar-refractivity contribution in [3.63, 3.8) is 0 Å². The molecule has 2 unspecified atom stereocenters. The van der Waals surface area contributed by atoms with E-state index < -0.39 is 0 Å². The maximum absolute atomic E-state index is 5.89. The second kappa shape index (κ2) is 4.16. The van der Waals surface area contributed by atoms with E-state index in [9.17, 15) is 0 Å².